The summed E-state index contributed by atoms with van der Waals surface area (Å²) >= 11 is 1.98. The highest BCUT2D eigenvalue weighted by atomic mass is 127. The van der Waals surface area contributed by atoms with E-state index in [4.69, 9.17) is 0 Å². The molecule has 3 atom stereocenters. The molecule has 1 amide bonds. The first-order valence-corrected chi connectivity index (χ1v) is 8.09. The normalized spacial score (nSPS) is 27.7. The van der Waals surface area contributed by atoms with Crippen molar-refractivity contribution in [3.05, 3.63) is 27.3 Å². The number of rotatable bonds is 2. The number of amides is 1. The van der Waals surface area contributed by atoms with Gasteiger partial charge >= 0.3 is 5.97 Å². The molecule has 1 saturated heterocycles. The molecule has 1 aliphatic carbocycles. The van der Waals surface area contributed by atoms with Gasteiger partial charge < -0.3 is 15.1 Å². The van der Waals surface area contributed by atoms with Gasteiger partial charge in [-0.25, -0.2) is 4.79 Å². The zero-order valence-electron chi connectivity index (χ0n) is 11.3. The van der Waals surface area contributed by atoms with E-state index in [1.807, 2.05) is 22.6 Å². The van der Waals surface area contributed by atoms with Gasteiger partial charge in [0.15, 0.2) is 0 Å². The molecule has 0 radical (unpaired) electrons. The molecule has 5 nitrogen and oxygen atoms in total. The van der Waals surface area contributed by atoms with Crippen LogP contribution in [0.15, 0.2) is 18.2 Å². The average molecular weight is 401 g/mol. The number of hydrogen-bond acceptors (Lipinski definition) is 3. The summed E-state index contributed by atoms with van der Waals surface area (Å²) in [5.74, 6) is -0.805. The summed E-state index contributed by atoms with van der Waals surface area (Å²) in [5, 5.41) is 19.2. The molecule has 2 fully saturated rings. The summed E-state index contributed by atoms with van der Waals surface area (Å²) in [5.41, 5.74) is 0.346. The van der Waals surface area contributed by atoms with E-state index in [0.717, 1.165) is 19.3 Å². The molecule has 112 valence electrons. The van der Waals surface area contributed by atoms with E-state index in [-0.39, 0.29) is 17.6 Å². The monoisotopic (exact) mass is 401 g/mol. The predicted molar refractivity (Wildman–Crippen MR) is 84.1 cm³/mol. The largest absolute Gasteiger partial charge is 0.507 e. The van der Waals surface area contributed by atoms with Crippen molar-refractivity contribution in [2.24, 2.45) is 11.8 Å². The lowest BCUT2D eigenvalue weighted by Crippen LogP contribution is -2.43. The van der Waals surface area contributed by atoms with Crippen molar-refractivity contribution in [3.63, 3.8) is 0 Å². The third-order valence-corrected chi connectivity index (χ3v) is 5.51. The van der Waals surface area contributed by atoms with E-state index < -0.39 is 12.0 Å². The number of phenols is 1. The Morgan fingerprint density at radius 3 is 2.71 bits per heavy atom. The topological polar surface area (TPSA) is 77.8 Å². The molecule has 3 unspecified atom stereocenters. The Morgan fingerprint density at radius 1 is 1.29 bits per heavy atom. The van der Waals surface area contributed by atoms with Crippen LogP contribution < -0.4 is 0 Å². The second-order valence-electron chi connectivity index (χ2n) is 5.76. The third kappa shape index (κ3) is 2.49. The molecular formula is C15H16INO4. The van der Waals surface area contributed by atoms with Crippen molar-refractivity contribution in [1.29, 1.82) is 0 Å². The van der Waals surface area contributed by atoms with Crippen LogP contribution in [0.4, 0.5) is 0 Å². The highest BCUT2D eigenvalue weighted by Gasteiger charge is 2.49. The number of likely N-dealkylation sites (tertiary alicyclic amines) is 1. The molecule has 1 saturated carbocycles. The summed E-state index contributed by atoms with van der Waals surface area (Å²) in [7, 11) is 0. The number of hydrogen-bond donors (Lipinski definition) is 2. The lowest BCUT2D eigenvalue weighted by atomic mass is 9.94. The molecule has 21 heavy (non-hydrogen) atoms. The number of carboxylic acids is 1. The molecule has 1 aromatic rings. The molecule has 0 aromatic heterocycles. The average Bonchev–Trinajstić information content (AvgIpc) is 3.00. The van der Waals surface area contributed by atoms with E-state index in [1.54, 1.807) is 12.1 Å². The van der Waals surface area contributed by atoms with Gasteiger partial charge in [0.1, 0.15) is 11.8 Å². The maximum atomic E-state index is 12.6. The second-order valence-corrected chi connectivity index (χ2v) is 6.92. The predicted octanol–water partition coefficient (Wildman–Crippen LogP) is 2.32. The van der Waals surface area contributed by atoms with Gasteiger partial charge in [-0.2, -0.15) is 0 Å². The summed E-state index contributed by atoms with van der Waals surface area (Å²) < 4.78 is 0.664. The highest BCUT2D eigenvalue weighted by Crippen LogP contribution is 2.42. The van der Waals surface area contributed by atoms with Crippen molar-refractivity contribution in [1.82, 2.24) is 4.90 Å². The minimum absolute atomic E-state index is 0.0488. The van der Waals surface area contributed by atoms with Gasteiger partial charge in [0, 0.05) is 12.1 Å². The number of aliphatic carboxylic acids is 1. The Hall–Kier alpha value is -1.31. The number of carboxylic acid groups (broad SMARTS) is 1. The van der Waals surface area contributed by atoms with E-state index in [1.165, 1.54) is 11.0 Å². The van der Waals surface area contributed by atoms with Crippen LogP contribution in [0.3, 0.4) is 0 Å². The summed E-state index contributed by atoms with van der Waals surface area (Å²) in [6, 6.07) is 3.98. The van der Waals surface area contributed by atoms with Crippen molar-refractivity contribution in [2.45, 2.75) is 25.3 Å². The first-order valence-electron chi connectivity index (χ1n) is 7.01. The fourth-order valence-corrected chi connectivity index (χ4v) is 3.98. The zero-order chi connectivity index (χ0) is 15.1. The SMILES string of the molecule is O=C(O)C1C2CCCC2CN1C(=O)c1ccc(I)c(O)c1. The number of phenolic OH excluding ortho intramolecular Hbond substituents is 1. The number of benzene rings is 1. The maximum Gasteiger partial charge on any atom is 0.326 e. The first-order chi connectivity index (χ1) is 9.99. The number of fused-ring (bicyclic) bond motifs is 1. The van der Waals surface area contributed by atoms with Gasteiger partial charge in [-0.1, -0.05) is 6.42 Å². The number of aromatic hydroxyl groups is 1. The molecule has 0 bridgehead atoms. The van der Waals surface area contributed by atoms with Crippen LogP contribution in [0, 0.1) is 15.4 Å². The van der Waals surface area contributed by atoms with Gasteiger partial charge in [0.05, 0.1) is 3.57 Å². The Labute approximate surface area is 136 Å². The smallest absolute Gasteiger partial charge is 0.326 e. The van der Waals surface area contributed by atoms with Crippen LogP contribution in [-0.4, -0.2) is 39.6 Å². The Kier molecular flexibility index (Phi) is 3.81. The molecule has 1 aromatic carbocycles. The Bertz CT molecular complexity index is 603. The Morgan fingerprint density at radius 2 is 2.05 bits per heavy atom. The van der Waals surface area contributed by atoms with Crippen LogP contribution in [0.25, 0.3) is 0 Å². The molecule has 1 aliphatic heterocycles. The number of nitrogens with zero attached hydrogens (tertiary/aromatic N) is 1. The van der Waals surface area contributed by atoms with Crippen LogP contribution >= 0.6 is 22.6 Å². The minimum Gasteiger partial charge on any atom is -0.507 e. The van der Waals surface area contributed by atoms with E-state index >= 15 is 0 Å². The molecule has 2 aliphatic rings. The van der Waals surface area contributed by atoms with Gasteiger partial charge in [0.25, 0.3) is 5.91 Å². The molecule has 0 spiro atoms. The highest BCUT2D eigenvalue weighted by molar-refractivity contribution is 14.1. The first kappa shape index (κ1) is 14.6. The zero-order valence-corrected chi connectivity index (χ0v) is 13.5. The van der Waals surface area contributed by atoms with E-state index in [2.05, 4.69) is 0 Å². The van der Waals surface area contributed by atoms with Crippen molar-refractivity contribution in [2.75, 3.05) is 6.54 Å². The van der Waals surface area contributed by atoms with E-state index in [0.29, 0.717) is 21.6 Å². The minimum atomic E-state index is -0.924. The van der Waals surface area contributed by atoms with Gasteiger partial charge in [-0.15, -0.1) is 0 Å². The lowest BCUT2D eigenvalue weighted by molar-refractivity contribution is -0.142. The molecule has 3 rings (SSSR count). The third-order valence-electron chi connectivity index (χ3n) is 4.60. The summed E-state index contributed by atoms with van der Waals surface area (Å²) in [6.07, 6.45) is 2.92. The molecule has 1 heterocycles. The van der Waals surface area contributed by atoms with Crippen LogP contribution in [-0.2, 0) is 4.79 Å². The van der Waals surface area contributed by atoms with Crippen molar-refractivity contribution in [3.8, 4) is 5.75 Å². The Balaban J connectivity index is 1.89. The van der Waals surface area contributed by atoms with Crippen molar-refractivity contribution < 1.29 is 19.8 Å². The quantitative estimate of drug-likeness (QED) is 0.746. The summed E-state index contributed by atoms with van der Waals surface area (Å²) in [4.78, 5) is 25.6. The number of carbonyl (C=O) groups is 2. The van der Waals surface area contributed by atoms with Crippen LogP contribution in [0.1, 0.15) is 29.6 Å². The van der Waals surface area contributed by atoms with Crippen molar-refractivity contribution >= 4 is 34.5 Å². The number of carbonyl (C=O) groups excluding carboxylic acids is 1. The van der Waals surface area contributed by atoms with Crippen LogP contribution in [0.2, 0.25) is 0 Å². The summed E-state index contributed by atoms with van der Waals surface area (Å²) in [6.45, 7) is 0.507. The molecule has 2 N–H and O–H groups in total. The lowest BCUT2D eigenvalue weighted by Gasteiger charge is -2.24. The molecular weight excluding hydrogens is 385 g/mol. The molecule has 6 heteroatoms. The fourth-order valence-electron chi connectivity index (χ4n) is 3.64. The standard InChI is InChI=1S/C15H16INO4/c16-11-5-4-8(6-12(11)18)14(19)17-7-9-2-1-3-10(9)13(17)15(20)21/h4-6,9-10,13,18H,1-3,7H2,(H,20,21). The number of halogens is 1. The fraction of sp³-hybridized carbons (Fsp3) is 0.467. The van der Waals surface area contributed by atoms with Crippen LogP contribution in [0.5, 0.6) is 5.75 Å². The van der Waals surface area contributed by atoms with E-state index in [9.17, 15) is 19.8 Å². The second kappa shape index (κ2) is 5.47. The maximum absolute atomic E-state index is 12.6. The van der Waals surface area contributed by atoms with Gasteiger partial charge in [-0.05, 0) is 65.5 Å². The van der Waals surface area contributed by atoms with Gasteiger partial charge in [0.2, 0.25) is 0 Å². The van der Waals surface area contributed by atoms with Gasteiger partial charge in [-0.3, -0.25) is 4.79 Å².